The maximum absolute atomic E-state index is 14.6. The van der Waals surface area contributed by atoms with E-state index in [1.54, 1.807) is 18.7 Å². The SMILES string of the molecule is CC(C)S(=O)(=O)CCCCCCCc1cc(F)c(N2C[C@@H](C)O[C@@H](C)C2)c(F)c1. The molecule has 1 aromatic carbocycles. The lowest BCUT2D eigenvalue weighted by Crippen LogP contribution is -2.46. The molecule has 1 heterocycles. The third-order valence-corrected chi connectivity index (χ3v) is 7.72. The van der Waals surface area contributed by atoms with E-state index in [0.717, 1.165) is 25.7 Å². The first kappa shape index (κ1) is 24.1. The van der Waals surface area contributed by atoms with E-state index in [1.807, 2.05) is 13.8 Å². The lowest BCUT2D eigenvalue weighted by molar-refractivity contribution is -0.00558. The molecule has 2 atom stereocenters. The fourth-order valence-corrected chi connectivity index (χ4v) is 4.90. The van der Waals surface area contributed by atoms with Gasteiger partial charge in [-0.05, 0) is 64.7 Å². The molecule has 0 aliphatic carbocycles. The molecule has 166 valence electrons. The topological polar surface area (TPSA) is 46.6 Å². The summed E-state index contributed by atoms with van der Waals surface area (Å²) < 4.78 is 58.4. The summed E-state index contributed by atoms with van der Waals surface area (Å²) in [7, 11) is -2.96. The minimum absolute atomic E-state index is 0.0436. The Labute approximate surface area is 174 Å². The highest BCUT2D eigenvalue weighted by atomic mass is 32.2. The second kappa shape index (κ2) is 10.7. The van der Waals surface area contributed by atoms with Crippen molar-refractivity contribution in [2.45, 2.75) is 83.7 Å². The van der Waals surface area contributed by atoms with Crippen LogP contribution in [0.15, 0.2) is 12.1 Å². The maximum Gasteiger partial charge on any atom is 0.152 e. The van der Waals surface area contributed by atoms with Crippen LogP contribution >= 0.6 is 0 Å². The number of unbranched alkanes of at least 4 members (excludes halogenated alkanes) is 4. The largest absolute Gasteiger partial charge is 0.372 e. The monoisotopic (exact) mass is 431 g/mol. The quantitative estimate of drug-likeness (QED) is 0.495. The average molecular weight is 432 g/mol. The summed E-state index contributed by atoms with van der Waals surface area (Å²) in [4.78, 5) is 1.73. The predicted octanol–water partition coefficient (Wildman–Crippen LogP) is 4.89. The number of ether oxygens (including phenoxy) is 1. The van der Waals surface area contributed by atoms with Crippen LogP contribution in [0.1, 0.15) is 65.4 Å². The fourth-order valence-electron chi connectivity index (χ4n) is 3.82. The third-order valence-electron chi connectivity index (χ3n) is 5.43. The van der Waals surface area contributed by atoms with E-state index in [4.69, 9.17) is 4.74 Å². The standard InChI is InChI=1S/C22H35F2NO3S/c1-16(2)29(26,27)11-9-7-5-6-8-10-19-12-20(23)22(21(24)13-19)25-14-17(3)28-18(4)15-25/h12-13,16-18H,5-11,14-15H2,1-4H3/t17-,18+. The van der Waals surface area contributed by atoms with Gasteiger partial charge in [0.1, 0.15) is 17.3 Å². The second-order valence-electron chi connectivity index (χ2n) is 8.50. The number of halogens is 2. The number of rotatable bonds is 10. The molecule has 0 aromatic heterocycles. The van der Waals surface area contributed by atoms with Gasteiger partial charge in [0, 0.05) is 13.1 Å². The molecule has 1 saturated heterocycles. The molecule has 1 aromatic rings. The maximum atomic E-state index is 14.6. The van der Waals surface area contributed by atoms with Crippen molar-refractivity contribution < 1.29 is 21.9 Å². The summed E-state index contributed by atoms with van der Waals surface area (Å²) in [6.07, 6.45) is 4.72. The Morgan fingerprint density at radius 3 is 2.07 bits per heavy atom. The highest BCUT2D eigenvalue weighted by Crippen LogP contribution is 2.28. The van der Waals surface area contributed by atoms with Crippen LogP contribution in [0.2, 0.25) is 0 Å². The lowest BCUT2D eigenvalue weighted by Gasteiger charge is -2.37. The number of anilines is 1. The Kier molecular flexibility index (Phi) is 8.89. The van der Waals surface area contributed by atoms with E-state index >= 15 is 0 Å². The van der Waals surface area contributed by atoms with Crippen LogP contribution in [-0.4, -0.2) is 44.7 Å². The van der Waals surface area contributed by atoms with Crippen molar-refractivity contribution in [2.24, 2.45) is 0 Å². The molecule has 4 nitrogen and oxygen atoms in total. The Morgan fingerprint density at radius 1 is 1.00 bits per heavy atom. The van der Waals surface area contributed by atoms with Gasteiger partial charge in [0.2, 0.25) is 0 Å². The fraction of sp³-hybridized carbons (Fsp3) is 0.727. The summed E-state index contributed by atoms with van der Waals surface area (Å²) in [6.45, 7) is 8.18. The summed E-state index contributed by atoms with van der Waals surface area (Å²) in [5, 5.41) is -0.320. The van der Waals surface area contributed by atoms with Crippen molar-refractivity contribution in [2.75, 3.05) is 23.7 Å². The number of nitrogens with zero attached hydrogens (tertiary/aromatic N) is 1. The van der Waals surface area contributed by atoms with Crippen molar-refractivity contribution in [3.05, 3.63) is 29.3 Å². The summed E-state index contributed by atoms with van der Waals surface area (Å²) in [6, 6.07) is 2.89. The highest BCUT2D eigenvalue weighted by Gasteiger charge is 2.26. The van der Waals surface area contributed by atoms with Gasteiger partial charge in [-0.15, -0.1) is 0 Å². The first-order valence-electron chi connectivity index (χ1n) is 10.7. The van der Waals surface area contributed by atoms with E-state index in [9.17, 15) is 17.2 Å². The van der Waals surface area contributed by atoms with Crippen molar-refractivity contribution >= 4 is 15.5 Å². The normalized spacial score (nSPS) is 20.4. The first-order valence-corrected chi connectivity index (χ1v) is 12.4. The van der Waals surface area contributed by atoms with Gasteiger partial charge in [-0.3, -0.25) is 0 Å². The Balaban J connectivity index is 1.79. The van der Waals surface area contributed by atoms with Crippen molar-refractivity contribution in [1.82, 2.24) is 0 Å². The van der Waals surface area contributed by atoms with Crippen LogP contribution in [0.4, 0.5) is 14.5 Å². The van der Waals surface area contributed by atoms with Crippen LogP contribution < -0.4 is 4.90 Å². The van der Waals surface area contributed by atoms with Gasteiger partial charge in [-0.2, -0.15) is 0 Å². The Morgan fingerprint density at radius 2 is 1.52 bits per heavy atom. The van der Waals surface area contributed by atoms with Crippen molar-refractivity contribution in [3.8, 4) is 0 Å². The molecule has 7 heteroatoms. The number of morpholine rings is 1. The van der Waals surface area contributed by atoms with Crippen LogP contribution in [0, 0.1) is 11.6 Å². The van der Waals surface area contributed by atoms with E-state index in [-0.39, 0.29) is 28.9 Å². The van der Waals surface area contributed by atoms with Crippen LogP contribution in [0.25, 0.3) is 0 Å². The Bertz CT molecular complexity index is 734. The highest BCUT2D eigenvalue weighted by molar-refractivity contribution is 7.91. The predicted molar refractivity (Wildman–Crippen MR) is 114 cm³/mol. The van der Waals surface area contributed by atoms with Crippen LogP contribution in [0.3, 0.4) is 0 Å². The first-order chi connectivity index (χ1) is 13.6. The van der Waals surface area contributed by atoms with Crippen LogP contribution in [0.5, 0.6) is 0 Å². The molecular formula is C22H35F2NO3S. The summed E-state index contributed by atoms with van der Waals surface area (Å²) in [5.74, 6) is -0.790. The molecule has 0 radical (unpaired) electrons. The number of hydrogen-bond donors (Lipinski definition) is 0. The molecule has 1 aliphatic rings. The molecule has 0 spiro atoms. The molecule has 0 unspecified atom stereocenters. The number of sulfone groups is 1. The minimum atomic E-state index is -2.96. The molecule has 0 N–H and O–H groups in total. The summed E-state index contributed by atoms with van der Waals surface area (Å²) in [5.41, 5.74) is 0.711. The van der Waals surface area contributed by atoms with Crippen molar-refractivity contribution in [1.29, 1.82) is 0 Å². The van der Waals surface area contributed by atoms with Gasteiger partial charge >= 0.3 is 0 Å². The van der Waals surface area contributed by atoms with Crippen LogP contribution in [-0.2, 0) is 21.0 Å². The Hall–Kier alpha value is -1.21. The number of hydrogen-bond acceptors (Lipinski definition) is 4. The van der Waals surface area contributed by atoms with Gasteiger partial charge < -0.3 is 9.64 Å². The second-order valence-corrected chi connectivity index (χ2v) is 11.2. The lowest BCUT2D eigenvalue weighted by atomic mass is 10.0. The van der Waals surface area contributed by atoms with Gasteiger partial charge in [-0.1, -0.05) is 19.3 Å². The third kappa shape index (κ3) is 7.21. The molecule has 1 fully saturated rings. The average Bonchev–Trinajstić information content (AvgIpc) is 2.59. The van der Waals surface area contributed by atoms with Crippen molar-refractivity contribution in [3.63, 3.8) is 0 Å². The van der Waals surface area contributed by atoms with Gasteiger partial charge in [0.25, 0.3) is 0 Å². The zero-order chi connectivity index (χ0) is 21.6. The zero-order valence-electron chi connectivity index (χ0n) is 18.1. The van der Waals surface area contributed by atoms with E-state index < -0.39 is 21.5 Å². The van der Waals surface area contributed by atoms with Gasteiger partial charge in [0.15, 0.2) is 9.84 Å². The smallest absolute Gasteiger partial charge is 0.152 e. The van der Waals surface area contributed by atoms with Gasteiger partial charge in [0.05, 0.1) is 23.2 Å². The number of benzene rings is 1. The zero-order valence-corrected chi connectivity index (χ0v) is 18.9. The molecule has 2 rings (SSSR count). The summed E-state index contributed by atoms with van der Waals surface area (Å²) >= 11 is 0. The molecule has 0 amide bonds. The molecule has 29 heavy (non-hydrogen) atoms. The molecular weight excluding hydrogens is 396 g/mol. The van der Waals surface area contributed by atoms with E-state index in [2.05, 4.69) is 0 Å². The van der Waals surface area contributed by atoms with E-state index in [1.165, 1.54) is 12.1 Å². The number of aryl methyl sites for hydroxylation is 1. The van der Waals surface area contributed by atoms with Gasteiger partial charge in [-0.25, -0.2) is 17.2 Å². The van der Waals surface area contributed by atoms with E-state index in [0.29, 0.717) is 31.5 Å². The minimum Gasteiger partial charge on any atom is -0.372 e. The molecule has 1 aliphatic heterocycles. The molecule has 0 bridgehead atoms. The molecule has 0 saturated carbocycles.